The third kappa shape index (κ3) is 3.52. The first-order valence-corrected chi connectivity index (χ1v) is 5.52. The second kappa shape index (κ2) is 5.72. The minimum Gasteiger partial charge on any atom is -0.338 e. The fourth-order valence-electron chi connectivity index (χ4n) is 1.71. The standard InChI is InChI=1S/C11H19N3O/c1-9(8-13-2)11(15)14(7-3-6-12)10-4-5-10/h9-10,13H,3-5,7-8H2,1-2H3. The maximum absolute atomic E-state index is 12.0. The number of hydrogen-bond donors (Lipinski definition) is 1. The number of carbonyl (C=O) groups excluding carboxylic acids is 1. The van der Waals surface area contributed by atoms with E-state index in [1.807, 2.05) is 18.9 Å². The van der Waals surface area contributed by atoms with Crippen molar-refractivity contribution in [2.75, 3.05) is 20.1 Å². The lowest BCUT2D eigenvalue weighted by Gasteiger charge is -2.24. The summed E-state index contributed by atoms with van der Waals surface area (Å²) >= 11 is 0. The van der Waals surface area contributed by atoms with Crippen LogP contribution in [0.5, 0.6) is 0 Å². The molecule has 0 bridgehead atoms. The molecule has 15 heavy (non-hydrogen) atoms. The fraction of sp³-hybridized carbons (Fsp3) is 0.818. The van der Waals surface area contributed by atoms with Gasteiger partial charge in [0.05, 0.1) is 12.5 Å². The number of rotatable bonds is 6. The van der Waals surface area contributed by atoms with E-state index >= 15 is 0 Å². The summed E-state index contributed by atoms with van der Waals surface area (Å²) in [6.07, 6.45) is 2.64. The molecule has 1 aliphatic rings. The third-order valence-electron chi connectivity index (χ3n) is 2.67. The molecule has 1 atom stereocenters. The van der Waals surface area contributed by atoms with Crippen LogP contribution in [0, 0.1) is 17.2 Å². The molecule has 0 heterocycles. The van der Waals surface area contributed by atoms with E-state index in [-0.39, 0.29) is 11.8 Å². The highest BCUT2D eigenvalue weighted by Crippen LogP contribution is 2.28. The van der Waals surface area contributed by atoms with E-state index in [0.29, 0.717) is 25.6 Å². The molecule has 1 unspecified atom stereocenters. The molecule has 4 heteroatoms. The zero-order valence-electron chi connectivity index (χ0n) is 9.49. The minimum atomic E-state index is 0.00860. The highest BCUT2D eigenvalue weighted by molar-refractivity contribution is 5.79. The monoisotopic (exact) mass is 209 g/mol. The van der Waals surface area contributed by atoms with Crippen LogP contribution >= 0.6 is 0 Å². The van der Waals surface area contributed by atoms with Gasteiger partial charge in [-0.15, -0.1) is 0 Å². The topological polar surface area (TPSA) is 56.1 Å². The van der Waals surface area contributed by atoms with E-state index in [1.165, 1.54) is 0 Å². The van der Waals surface area contributed by atoms with Gasteiger partial charge in [0, 0.05) is 25.0 Å². The molecule has 0 aromatic heterocycles. The summed E-state index contributed by atoms with van der Waals surface area (Å²) in [6.45, 7) is 3.23. The van der Waals surface area contributed by atoms with Crippen LogP contribution in [0.3, 0.4) is 0 Å². The number of amides is 1. The van der Waals surface area contributed by atoms with Crippen molar-refractivity contribution in [2.45, 2.75) is 32.2 Å². The van der Waals surface area contributed by atoms with Gasteiger partial charge in [-0.25, -0.2) is 0 Å². The normalized spacial score (nSPS) is 16.9. The molecule has 84 valence electrons. The van der Waals surface area contributed by atoms with Crippen LogP contribution < -0.4 is 5.32 Å². The van der Waals surface area contributed by atoms with Crippen molar-refractivity contribution < 1.29 is 4.79 Å². The van der Waals surface area contributed by atoms with Crippen LogP contribution in [-0.2, 0) is 4.79 Å². The lowest BCUT2D eigenvalue weighted by molar-refractivity contribution is -0.135. The molecule has 1 rings (SSSR count). The Balaban J connectivity index is 2.47. The molecular weight excluding hydrogens is 190 g/mol. The Hall–Kier alpha value is -1.08. The van der Waals surface area contributed by atoms with E-state index < -0.39 is 0 Å². The number of hydrogen-bond acceptors (Lipinski definition) is 3. The molecule has 0 spiro atoms. The third-order valence-corrected chi connectivity index (χ3v) is 2.67. The Morgan fingerprint density at radius 2 is 2.33 bits per heavy atom. The summed E-state index contributed by atoms with van der Waals surface area (Å²) in [5, 5.41) is 11.5. The van der Waals surface area contributed by atoms with Gasteiger partial charge in [-0.1, -0.05) is 6.92 Å². The van der Waals surface area contributed by atoms with Crippen molar-refractivity contribution in [3.8, 4) is 6.07 Å². The van der Waals surface area contributed by atoms with Crippen molar-refractivity contribution in [2.24, 2.45) is 5.92 Å². The van der Waals surface area contributed by atoms with Gasteiger partial charge < -0.3 is 10.2 Å². The number of carbonyl (C=O) groups is 1. The van der Waals surface area contributed by atoms with Crippen molar-refractivity contribution >= 4 is 5.91 Å². The first kappa shape index (κ1) is 12.0. The number of nitriles is 1. The lowest BCUT2D eigenvalue weighted by atomic mass is 10.1. The van der Waals surface area contributed by atoms with Crippen LogP contribution in [0.4, 0.5) is 0 Å². The summed E-state index contributed by atoms with van der Waals surface area (Å²) in [5.74, 6) is 0.191. The molecule has 0 aromatic rings. The molecule has 1 amide bonds. The average molecular weight is 209 g/mol. The quantitative estimate of drug-likeness (QED) is 0.702. The van der Waals surface area contributed by atoms with Crippen LogP contribution in [0.15, 0.2) is 0 Å². The molecule has 0 aromatic carbocycles. The van der Waals surface area contributed by atoms with Crippen LogP contribution in [0.1, 0.15) is 26.2 Å². The highest BCUT2D eigenvalue weighted by Gasteiger charge is 2.33. The molecule has 1 fully saturated rings. The van der Waals surface area contributed by atoms with Gasteiger partial charge in [-0.2, -0.15) is 5.26 Å². The van der Waals surface area contributed by atoms with Gasteiger partial charge in [0.15, 0.2) is 0 Å². The van der Waals surface area contributed by atoms with Crippen molar-refractivity contribution in [1.29, 1.82) is 5.26 Å². The molecule has 0 saturated heterocycles. The van der Waals surface area contributed by atoms with Crippen molar-refractivity contribution in [3.63, 3.8) is 0 Å². The maximum atomic E-state index is 12.0. The van der Waals surface area contributed by atoms with E-state index in [0.717, 1.165) is 12.8 Å². The molecule has 1 aliphatic carbocycles. The van der Waals surface area contributed by atoms with E-state index in [9.17, 15) is 4.79 Å². The Bertz CT molecular complexity index is 255. The number of nitrogens with one attached hydrogen (secondary N) is 1. The van der Waals surface area contributed by atoms with Gasteiger partial charge in [0.25, 0.3) is 0 Å². The summed E-state index contributed by atoms with van der Waals surface area (Å²) < 4.78 is 0. The van der Waals surface area contributed by atoms with Crippen LogP contribution in [-0.4, -0.2) is 37.0 Å². The predicted molar refractivity (Wildman–Crippen MR) is 58.1 cm³/mol. The summed E-state index contributed by atoms with van der Waals surface area (Å²) in [4.78, 5) is 13.9. The predicted octanol–water partition coefficient (Wildman–Crippen LogP) is 0.747. The van der Waals surface area contributed by atoms with E-state index in [1.54, 1.807) is 0 Å². The van der Waals surface area contributed by atoms with E-state index in [4.69, 9.17) is 5.26 Å². The number of nitrogens with zero attached hydrogens (tertiary/aromatic N) is 2. The highest BCUT2D eigenvalue weighted by atomic mass is 16.2. The second-order valence-corrected chi connectivity index (χ2v) is 4.13. The molecular formula is C11H19N3O. The molecule has 4 nitrogen and oxygen atoms in total. The minimum absolute atomic E-state index is 0.00860. The Kier molecular flexibility index (Phi) is 4.57. The Labute approximate surface area is 91.2 Å². The zero-order chi connectivity index (χ0) is 11.3. The Morgan fingerprint density at radius 3 is 2.80 bits per heavy atom. The van der Waals surface area contributed by atoms with Crippen molar-refractivity contribution in [3.05, 3.63) is 0 Å². The largest absolute Gasteiger partial charge is 0.338 e. The molecule has 1 saturated carbocycles. The summed E-state index contributed by atoms with van der Waals surface area (Å²) in [5.41, 5.74) is 0. The maximum Gasteiger partial charge on any atom is 0.226 e. The first-order valence-electron chi connectivity index (χ1n) is 5.52. The van der Waals surface area contributed by atoms with Crippen molar-refractivity contribution in [1.82, 2.24) is 10.2 Å². The van der Waals surface area contributed by atoms with Gasteiger partial charge in [-0.05, 0) is 19.9 Å². The average Bonchev–Trinajstić information content (AvgIpc) is 3.02. The zero-order valence-corrected chi connectivity index (χ0v) is 9.49. The summed E-state index contributed by atoms with van der Waals surface area (Å²) in [7, 11) is 1.85. The van der Waals surface area contributed by atoms with E-state index in [2.05, 4.69) is 11.4 Å². The van der Waals surface area contributed by atoms with Gasteiger partial charge in [0.2, 0.25) is 5.91 Å². The first-order chi connectivity index (χ1) is 7.20. The fourth-order valence-corrected chi connectivity index (χ4v) is 1.71. The van der Waals surface area contributed by atoms with Gasteiger partial charge >= 0.3 is 0 Å². The lowest BCUT2D eigenvalue weighted by Crippen LogP contribution is -2.40. The van der Waals surface area contributed by atoms with Crippen LogP contribution in [0.2, 0.25) is 0 Å². The molecule has 0 radical (unpaired) electrons. The van der Waals surface area contributed by atoms with Gasteiger partial charge in [-0.3, -0.25) is 4.79 Å². The SMILES string of the molecule is CNCC(C)C(=O)N(CCC#N)C1CC1. The second-order valence-electron chi connectivity index (χ2n) is 4.13. The Morgan fingerprint density at radius 1 is 1.67 bits per heavy atom. The molecule has 1 N–H and O–H groups in total. The molecule has 0 aliphatic heterocycles. The van der Waals surface area contributed by atoms with Gasteiger partial charge in [0.1, 0.15) is 0 Å². The van der Waals surface area contributed by atoms with Crippen LogP contribution in [0.25, 0.3) is 0 Å². The summed E-state index contributed by atoms with van der Waals surface area (Å²) in [6, 6.07) is 2.50. The smallest absolute Gasteiger partial charge is 0.226 e.